The van der Waals surface area contributed by atoms with Crippen molar-refractivity contribution in [3.8, 4) is 0 Å². The molecule has 0 aliphatic heterocycles. The summed E-state index contributed by atoms with van der Waals surface area (Å²) >= 11 is 0. The topological polar surface area (TPSA) is 94.3 Å². The highest BCUT2D eigenvalue weighted by Gasteiger charge is 2.11. The first-order chi connectivity index (χ1) is 9.17. The van der Waals surface area contributed by atoms with Crippen LogP contribution in [0.25, 0.3) is 10.9 Å². The molecule has 0 radical (unpaired) electrons. The molecule has 1 aromatic heterocycles. The number of hydrogen-bond acceptors (Lipinski definition) is 3. The second-order valence-corrected chi connectivity index (χ2v) is 4.57. The van der Waals surface area contributed by atoms with Crippen LogP contribution < -0.4 is 11.5 Å². The fraction of sp³-hybridized carbons (Fsp3) is 0.357. The molecule has 0 saturated heterocycles. The fourth-order valence-corrected chi connectivity index (χ4v) is 2.32. The number of nitrogens with two attached hydrogens (primary N) is 2. The number of aryl methyl sites for hydroxylation is 1. The van der Waals surface area contributed by atoms with Crippen LogP contribution in [0.3, 0.4) is 0 Å². The zero-order valence-corrected chi connectivity index (χ0v) is 10.8. The summed E-state index contributed by atoms with van der Waals surface area (Å²) < 4.78 is 2.08. The first kappa shape index (κ1) is 13.6. The van der Waals surface area contributed by atoms with Crippen molar-refractivity contribution in [2.45, 2.75) is 19.4 Å². The molecule has 0 aliphatic carbocycles. The standard InChI is InChI=1S/C14H19N3O2/c15-5-1-2-11-9-17(7-6-16)13-4-3-10(14(18)19)8-12(11)13/h3-4,8-9H,1-2,5-7,15-16H2,(H,18,19). The maximum Gasteiger partial charge on any atom is 0.335 e. The Morgan fingerprint density at radius 2 is 2.05 bits per heavy atom. The molecule has 5 heteroatoms. The van der Waals surface area contributed by atoms with Gasteiger partial charge in [-0.25, -0.2) is 4.79 Å². The Hall–Kier alpha value is -1.85. The first-order valence-electron chi connectivity index (χ1n) is 6.42. The maximum atomic E-state index is 11.1. The summed E-state index contributed by atoms with van der Waals surface area (Å²) in [5.74, 6) is -0.904. The lowest BCUT2D eigenvalue weighted by Crippen LogP contribution is -2.08. The molecular formula is C14H19N3O2. The molecule has 0 atom stereocenters. The largest absolute Gasteiger partial charge is 0.478 e. The molecule has 1 heterocycles. The molecule has 0 amide bonds. The highest BCUT2D eigenvalue weighted by molar-refractivity contribution is 5.95. The van der Waals surface area contributed by atoms with Gasteiger partial charge in [0.2, 0.25) is 0 Å². The average molecular weight is 261 g/mol. The number of carboxylic acids is 1. The number of aromatic carboxylic acids is 1. The van der Waals surface area contributed by atoms with E-state index in [-0.39, 0.29) is 0 Å². The fourth-order valence-electron chi connectivity index (χ4n) is 2.32. The Balaban J connectivity index is 2.51. The molecule has 0 aliphatic rings. The van der Waals surface area contributed by atoms with Crippen LogP contribution >= 0.6 is 0 Å². The van der Waals surface area contributed by atoms with E-state index in [1.54, 1.807) is 12.1 Å². The number of carbonyl (C=O) groups is 1. The van der Waals surface area contributed by atoms with E-state index in [4.69, 9.17) is 16.6 Å². The number of rotatable bonds is 6. The first-order valence-corrected chi connectivity index (χ1v) is 6.42. The molecule has 1 aromatic carbocycles. The molecule has 19 heavy (non-hydrogen) atoms. The summed E-state index contributed by atoms with van der Waals surface area (Å²) in [6.07, 6.45) is 3.80. The van der Waals surface area contributed by atoms with Gasteiger partial charge >= 0.3 is 5.97 Å². The third-order valence-electron chi connectivity index (χ3n) is 3.23. The molecule has 5 N–H and O–H groups in total. The Kier molecular flexibility index (Phi) is 4.19. The van der Waals surface area contributed by atoms with Crippen LogP contribution in [0.4, 0.5) is 0 Å². The van der Waals surface area contributed by atoms with Crippen LogP contribution in [-0.2, 0) is 13.0 Å². The lowest BCUT2D eigenvalue weighted by molar-refractivity contribution is 0.0697. The maximum absolute atomic E-state index is 11.1. The quantitative estimate of drug-likeness (QED) is 0.728. The van der Waals surface area contributed by atoms with Gasteiger partial charge in [0.15, 0.2) is 0 Å². The van der Waals surface area contributed by atoms with E-state index in [1.165, 1.54) is 0 Å². The number of nitrogens with zero attached hydrogens (tertiary/aromatic N) is 1. The van der Waals surface area contributed by atoms with Gasteiger partial charge in [0, 0.05) is 30.2 Å². The average Bonchev–Trinajstić information content (AvgIpc) is 2.74. The van der Waals surface area contributed by atoms with E-state index in [0.29, 0.717) is 18.7 Å². The van der Waals surface area contributed by atoms with Gasteiger partial charge in [0.25, 0.3) is 0 Å². The number of hydrogen-bond donors (Lipinski definition) is 3. The lowest BCUT2D eigenvalue weighted by Gasteiger charge is -2.02. The minimum absolute atomic E-state index is 0.312. The van der Waals surface area contributed by atoms with Crippen LogP contribution in [-0.4, -0.2) is 28.7 Å². The summed E-state index contributed by atoms with van der Waals surface area (Å²) in [5.41, 5.74) is 13.6. The third-order valence-corrected chi connectivity index (χ3v) is 3.23. The van der Waals surface area contributed by atoms with Gasteiger partial charge in [0.05, 0.1) is 5.56 Å². The predicted molar refractivity (Wildman–Crippen MR) is 75.3 cm³/mol. The van der Waals surface area contributed by atoms with Crippen molar-refractivity contribution in [2.75, 3.05) is 13.1 Å². The van der Waals surface area contributed by atoms with Crippen molar-refractivity contribution in [3.05, 3.63) is 35.5 Å². The van der Waals surface area contributed by atoms with Crippen molar-refractivity contribution >= 4 is 16.9 Å². The lowest BCUT2D eigenvalue weighted by atomic mass is 10.1. The molecule has 0 fully saturated rings. The molecule has 5 nitrogen and oxygen atoms in total. The molecule has 0 unspecified atom stereocenters. The van der Waals surface area contributed by atoms with Gasteiger partial charge in [-0.3, -0.25) is 0 Å². The van der Waals surface area contributed by atoms with E-state index in [0.717, 1.165) is 35.9 Å². The third kappa shape index (κ3) is 2.77. The van der Waals surface area contributed by atoms with Crippen molar-refractivity contribution in [1.82, 2.24) is 4.57 Å². The summed E-state index contributed by atoms with van der Waals surface area (Å²) in [6.45, 7) is 1.91. The second kappa shape index (κ2) is 5.86. The minimum Gasteiger partial charge on any atom is -0.478 e. The zero-order valence-electron chi connectivity index (χ0n) is 10.8. The molecule has 2 aromatic rings. The Morgan fingerprint density at radius 1 is 1.26 bits per heavy atom. The van der Waals surface area contributed by atoms with E-state index >= 15 is 0 Å². The SMILES string of the molecule is NCCCc1cn(CCN)c2ccc(C(=O)O)cc12. The highest BCUT2D eigenvalue weighted by Crippen LogP contribution is 2.24. The van der Waals surface area contributed by atoms with Gasteiger partial charge in [-0.2, -0.15) is 0 Å². The molecule has 2 rings (SSSR count). The Labute approximate surface area is 111 Å². The van der Waals surface area contributed by atoms with Crippen LogP contribution in [0.2, 0.25) is 0 Å². The normalized spacial score (nSPS) is 11.1. The summed E-state index contributed by atoms with van der Waals surface area (Å²) in [4.78, 5) is 11.1. The van der Waals surface area contributed by atoms with Crippen molar-refractivity contribution in [2.24, 2.45) is 11.5 Å². The van der Waals surface area contributed by atoms with Crippen molar-refractivity contribution in [1.29, 1.82) is 0 Å². The Morgan fingerprint density at radius 3 is 2.68 bits per heavy atom. The molecule has 0 spiro atoms. The van der Waals surface area contributed by atoms with Gasteiger partial charge in [0.1, 0.15) is 0 Å². The van der Waals surface area contributed by atoms with Gasteiger partial charge in [-0.05, 0) is 43.1 Å². The second-order valence-electron chi connectivity index (χ2n) is 4.57. The molecule has 102 valence electrons. The Bertz CT molecular complexity index is 590. The van der Waals surface area contributed by atoms with Gasteiger partial charge in [-0.1, -0.05) is 0 Å². The monoisotopic (exact) mass is 261 g/mol. The van der Waals surface area contributed by atoms with Gasteiger partial charge in [-0.15, -0.1) is 0 Å². The number of benzene rings is 1. The van der Waals surface area contributed by atoms with E-state index in [2.05, 4.69) is 10.8 Å². The van der Waals surface area contributed by atoms with Crippen LogP contribution in [0.1, 0.15) is 22.3 Å². The van der Waals surface area contributed by atoms with Crippen LogP contribution in [0.15, 0.2) is 24.4 Å². The molecule has 0 saturated carbocycles. The number of carboxylic acid groups (broad SMARTS) is 1. The van der Waals surface area contributed by atoms with Crippen molar-refractivity contribution < 1.29 is 9.90 Å². The van der Waals surface area contributed by atoms with E-state index in [1.807, 2.05) is 6.07 Å². The summed E-state index contributed by atoms with van der Waals surface area (Å²) in [7, 11) is 0. The van der Waals surface area contributed by atoms with Crippen LogP contribution in [0, 0.1) is 0 Å². The summed E-state index contributed by atoms with van der Waals surface area (Å²) in [6, 6.07) is 5.21. The predicted octanol–water partition coefficient (Wildman–Crippen LogP) is 1.19. The summed E-state index contributed by atoms with van der Waals surface area (Å²) in [5, 5.41) is 10.1. The van der Waals surface area contributed by atoms with Crippen LogP contribution in [0.5, 0.6) is 0 Å². The number of fused-ring (bicyclic) bond motifs is 1. The molecule has 0 bridgehead atoms. The molecular weight excluding hydrogens is 242 g/mol. The van der Waals surface area contributed by atoms with Gasteiger partial charge < -0.3 is 21.1 Å². The van der Waals surface area contributed by atoms with E-state index in [9.17, 15) is 4.79 Å². The number of aromatic nitrogens is 1. The van der Waals surface area contributed by atoms with Crippen molar-refractivity contribution in [3.63, 3.8) is 0 Å². The zero-order chi connectivity index (χ0) is 13.8. The smallest absolute Gasteiger partial charge is 0.335 e. The highest BCUT2D eigenvalue weighted by atomic mass is 16.4. The van der Waals surface area contributed by atoms with E-state index < -0.39 is 5.97 Å². The minimum atomic E-state index is -0.904.